The molecular weight excluding hydrogens is 322 g/mol. The van der Waals surface area contributed by atoms with E-state index in [1.807, 2.05) is 12.3 Å². The molecule has 20 heavy (non-hydrogen) atoms. The minimum Gasteiger partial charge on any atom is -0.360 e. The molecule has 1 N–H and O–H groups in total. The highest BCUT2D eigenvalue weighted by Gasteiger charge is 2.30. The van der Waals surface area contributed by atoms with Crippen molar-refractivity contribution in [1.29, 1.82) is 0 Å². The highest BCUT2D eigenvalue weighted by Crippen LogP contribution is 2.42. The number of nitrogens with one attached hydrogen (secondary N) is 1. The van der Waals surface area contributed by atoms with Gasteiger partial charge in [0.1, 0.15) is 0 Å². The van der Waals surface area contributed by atoms with Gasteiger partial charge in [0.05, 0.1) is 17.9 Å². The van der Waals surface area contributed by atoms with E-state index in [2.05, 4.69) is 37.2 Å². The largest absolute Gasteiger partial charge is 0.360 e. The van der Waals surface area contributed by atoms with Gasteiger partial charge in [-0.15, -0.1) is 0 Å². The fourth-order valence-corrected chi connectivity index (χ4v) is 3.35. The SMILES string of the molecule is O=CC(=O)NCC1CCc2cc(Br)cc3c2N1CC=N3. The third kappa shape index (κ3) is 2.35. The third-order valence-electron chi connectivity index (χ3n) is 3.74. The first kappa shape index (κ1) is 13.3. The molecule has 0 radical (unpaired) electrons. The van der Waals surface area contributed by atoms with Crippen LogP contribution in [0.2, 0.25) is 0 Å². The van der Waals surface area contributed by atoms with E-state index in [-0.39, 0.29) is 6.04 Å². The number of hydrogen-bond acceptors (Lipinski definition) is 4. The van der Waals surface area contributed by atoms with Crippen molar-refractivity contribution in [2.45, 2.75) is 18.9 Å². The van der Waals surface area contributed by atoms with Crippen molar-refractivity contribution in [1.82, 2.24) is 5.32 Å². The van der Waals surface area contributed by atoms with E-state index in [0.717, 1.165) is 35.2 Å². The molecule has 1 aromatic rings. The molecule has 0 aromatic heterocycles. The van der Waals surface area contributed by atoms with Crippen LogP contribution in [0.25, 0.3) is 0 Å². The van der Waals surface area contributed by atoms with E-state index in [9.17, 15) is 9.59 Å². The second-order valence-corrected chi connectivity index (χ2v) is 5.87. The molecule has 2 aliphatic rings. The summed E-state index contributed by atoms with van der Waals surface area (Å²) in [5.41, 5.74) is 3.41. The van der Waals surface area contributed by atoms with Gasteiger partial charge in [-0.25, -0.2) is 0 Å². The van der Waals surface area contributed by atoms with E-state index in [1.165, 1.54) is 5.56 Å². The van der Waals surface area contributed by atoms with Crippen molar-refractivity contribution < 1.29 is 9.59 Å². The van der Waals surface area contributed by atoms with Gasteiger partial charge in [0.15, 0.2) is 0 Å². The number of hydrogen-bond donors (Lipinski definition) is 1. The lowest BCUT2D eigenvalue weighted by Crippen LogP contribution is -2.48. The van der Waals surface area contributed by atoms with Crippen molar-refractivity contribution in [3.8, 4) is 0 Å². The minimum atomic E-state index is -0.558. The predicted molar refractivity (Wildman–Crippen MR) is 80.8 cm³/mol. The lowest BCUT2D eigenvalue weighted by Gasteiger charge is -2.40. The average molecular weight is 336 g/mol. The Hall–Kier alpha value is -1.69. The Kier molecular flexibility index (Phi) is 3.56. The summed E-state index contributed by atoms with van der Waals surface area (Å²) in [5.74, 6) is -0.558. The van der Waals surface area contributed by atoms with E-state index in [4.69, 9.17) is 0 Å². The Bertz CT molecular complexity index is 600. The standard InChI is InChI=1S/C14H14BrN3O2/c15-10-5-9-1-2-11(7-17-13(20)8-19)18-4-3-16-12(6-10)14(9)18/h3,5-6,8,11H,1-2,4,7H2,(H,17,20). The molecule has 2 aliphatic heterocycles. The zero-order chi connectivity index (χ0) is 14.1. The molecule has 1 amide bonds. The zero-order valence-electron chi connectivity index (χ0n) is 10.8. The van der Waals surface area contributed by atoms with Crippen LogP contribution in [0.4, 0.5) is 11.4 Å². The molecule has 0 spiro atoms. The zero-order valence-corrected chi connectivity index (χ0v) is 12.4. The maximum absolute atomic E-state index is 11.1. The predicted octanol–water partition coefficient (Wildman–Crippen LogP) is 1.60. The van der Waals surface area contributed by atoms with Crippen molar-refractivity contribution in [2.75, 3.05) is 18.0 Å². The number of carbonyl (C=O) groups is 2. The van der Waals surface area contributed by atoms with Gasteiger partial charge in [0, 0.05) is 23.3 Å². The third-order valence-corrected chi connectivity index (χ3v) is 4.19. The summed E-state index contributed by atoms with van der Waals surface area (Å²) < 4.78 is 1.04. The van der Waals surface area contributed by atoms with Gasteiger partial charge in [-0.2, -0.15) is 0 Å². The molecule has 104 valence electrons. The molecule has 1 unspecified atom stereocenters. The number of aldehydes is 1. The summed E-state index contributed by atoms with van der Waals surface area (Å²) in [6, 6.07) is 4.35. The number of nitrogens with zero attached hydrogens (tertiary/aromatic N) is 2. The first-order valence-corrected chi connectivity index (χ1v) is 7.33. The van der Waals surface area contributed by atoms with Gasteiger partial charge in [0.25, 0.3) is 5.91 Å². The topological polar surface area (TPSA) is 61.8 Å². The monoisotopic (exact) mass is 335 g/mol. The molecule has 2 heterocycles. The lowest BCUT2D eigenvalue weighted by atomic mass is 9.94. The molecule has 1 atom stereocenters. The smallest absolute Gasteiger partial charge is 0.284 e. The van der Waals surface area contributed by atoms with Crippen LogP contribution in [0.1, 0.15) is 12.0 Å². The Morgan fingerprint density at radius 2 is 2.40 bits per heavy atom. The second kappa shape index (κ2) is 5.36. The van der Waals surface area contributed by atoms with Crippen LogP contribution in [0.5, 0.6) is 0 Å². The summed E-state index contributed by atoms with van der Waals surface area (Å²) in [6.45, 7) is 1.23. The first-order chi connectivity index (χ1) is 9.69. The summed E-state index contributed by atoms with van der Waals surface area (Å²) >= 11 is 3.51. The van der Waals surface area contributed by atoms with Gasteiger partial charge in [-0.3, -0.25) is 14.6 Å². The van der Waals surface area contributed by atoms with Gasteiger partial charge in [-0.1, -0.05) is 15.9 Å². The molecule has 0 aliphatic carbocycles. The van der Waals surface area contributed by atoms with Crippen molar-refractivity contribution in [3.05, 3.63) is 22.2 Å². The molecule has 0 fully saturated rings. The number of aryl methyl sites for hydroxylation is 1. The molecule has 3 rings (SSSR count). The average Bonchev–Trinajstić information content (AvgIpc) is 2.46. The van der Waals surface area contributed by atoms with E-state index in [0.29, 0.717) is 12.8 Å². The van der Waals surface area contributed by atoms with E-state index >= 15 is 0 Å². The van der Waals surface area contributed by atoms with E-state index < -0.39 is 5.91 Å². The minimum absolute atomic E-state index is 0.207. The molecule has 0 bridgehead atoms. The van der Waals surface area contributed by atoms with E-state index in [1.54, 1.807) is 0 Å². The lowest BCUT2D eigenvalue weighted by molar-refractivity contribution is -0.131. The molecule has 1 aromatic carbocycles. The van der Waals surface area contributed by atoms with Gasteiger partial charge < -0.3 is 10.2 Å². The maximum Gasteiger partial charge on any atom is 0.284 e. The number of amides is 1. The van der Waals surface area contributed by atoms with Crippen LogP contribution < -0.4 is 10.2 Å². The van der Waals surface area contributed by atoms with Gasteiger partial charge in [-0.05, 0) is 30.5 Å². The van der Waals surface area contributed by atoms with Crippen LogP contribution >= 0.6 is 15.9 Å². The van der Waals surface area contributed by atoms with Crippen LogP contribution in [-0.4, -0.2) is 37.5 Å². The van der Waals surface area contributed by atoms with Crippen molar-refractivity contribution in [3.63, 3.8) is 0 Å². The summed E-state index contributed by atoms with van der Waals surface area (Å²) in [4.78, 5) is 28.2. The van der Waals surface area contributed by atoms with Crippen molar-refractivity contribution in [2.24, 2.45) is 4.99 Å². The van der Waals surface area contributed by atoms with Crippen molar-refractivity contribution >= 4 is 45.7 Å². The first-order valence-electron chi connectivity index (χ1n) is 6.53. The van der Waals surface area contributed by atoms with Gasteiger partial charge >= 0.3 is 0 Å². The molecular formula is C14H14BrN3O2. The maximum atomic E-state index is 11.1. The second-order valence-electron chi connectivity index (χ2n) is 4.95. The fourth-order valence-electron chi connectivity index (χ4n) is 2.86. The Balaban J connectivity index is 1.87. The highest BCUT2D eigenvalue weighted by molar-refractivity contribution is 9.10. The number of aliphatic imine (C=N–C) groups is 1. The number of rotatable bonds is 3. The number of carbonyl (C=O) groups excluding carboxylic acids is 2. The molecule has 5 nitrogen and oxygen atoms in total. The van der Waals surface area contributed by atoms with Crippen LogP contribution in [0.3, 0.4) is 0 Å². The number of benzene rings is 1. The highest BCUT2D eigenvalue weighted by atomic mass is 79.9. The molecule has 0 saturated carbocycles. The molecule has 0 saturated heterocycles. The Morgan fingerprint density at radius 3 is 3.20 bits per heavy atom. The Labute approximate surface area is 125 Å². The number of halogens is 1. The van der Waals surface area contributed by atoms with Gasteiger partial charge in [0.2, 0.25) is 6.29 Å². The Morgan fingerprint density at radius 1 is 1.55 bits per heavy atom. The van der Waals surface area contributed by atoms with Crippen LogP contribution in [0.15, 0.2) is 21.6 Å². The van der Waals surface area contributed by atoms with Crippen LogP contribution in [0, 0.1) is 0 Å². The molecule has 6 heteroatoms. The van der Waals surface area contributed by atoms with Crippen LogP contribution in [-0.2, 0) is 16.0 Å². The summed E-state index contributed by atoms with van der Waals surface area (Å²) in [5, 5.41) is 2.65. The fraction of sp³-hybridized carbons (Fsp3) is 0.357. The normalized spacial score (nSPS) is 19.4. The summed E-state index contributed by atoms with van der Waals surface area (Å²) in [7, 11) is 0. The quantitative estimate of drug-likeness (QED) is 0.674. The summed E-state index contributed by atoms with van der Waals surface area (Å²) in [6.07, 6.45) is 4.11. The number of anilines is 1.